The lowest BCUT2D eigenvalue weighted by atomic mass is 10.1. The lowest BCUT2D eigenvalue weighted by Gasteiger charge is -2.13. The van der Waals surface area contributed by atoms with Gasteiger partial charge in [-0.3, -0.25) is 4.68 Å². The number of nitrogens with zero attached hydrogens (tertiary/aromatic N) is 2. The Hall–Kier alpha value is -1.84. The molecule has 1 aliphatic rings. The van der Waals surface area contributed by atoms with E-state index in [9.17, 15) is 4.39 Å². The molecule has 1 aromatic heterocycles. The van der Waals surface area contributed by atoms with Crippen LogP contribution in [0.1, 0.15) is 43.5 Å². The molecule has 0 amide bonds. The third-order valence-electron chi connectivity index (χ3n) is 3.69. The molecule has 0 saturated heterocycles. The second kappa shape index (κ2) is 4.68. The van der Waals surface area contributed by atoms with E-state index in [-0.39, 0.29) is 11.9 Å². The highest BCUT2D eigenvalue weighted by Gasteiger charge is 2.24. The SMILES string of the molecule is CC(C)n1cc(NC2CCc3c(F)cccc32)cn1. The third kappa shape index (κ3) is 2.23. The number of hydrogen-bond donors (Lipinski definition) is 1. The fourth-order valence-corrected chi connectivity index (χ4v) is 2.66. The van der Waals surface area contributed by atoms with E-state index in [0.29, 0.717) is 6.04 Å². The van der Waals surface area contributed by atoms with Crippen molar-refractivity contribution in [1.29, 1.82) is 0 Å². The summed E-state index contributed by atoms with van der Waals surface area (Å²) in [7, 11) is 0. The lowest BCUT2D eigenvalue weighted by molar-refractivity contribution is 0.532. The van der Waals surface area contributed by atoms with Gasteiger partial charge in [-0.15, -0.1) is 0 Å². The first kappa shape index (κ1) is 12.2. The molecule has 4 heteroatoms. The van der Waals surface area contributed by atoms with Crippen molar-refractivity contribution in [3.63, 3.8) is 0 Å². The molecule has 0 spiro atoms. The van der Waals surface area contributed by atoms with Crippen molar-refractivity contribution in [3.05, 3.63) is 47.5 Å². The topological polar surface area (TPSA) is 29.9 Å². The molecular formula is C15H18FN3. The summed E-state index contributed by atoms with van der Waals surface area (Å²) < 4.78 is 15.6. The highest BCUT2D eigenvalue weighted by Crippen LogP contribution is 2.35. The van der Waals surface area contributed by atoms with E-state index in [1.54, 1.807) is 6.07 Å². The van der Waals surface area contributed by atoms with Crippen LogP contribution < -0.4 is 5.32 Å². The molecular weight excluding hydrogens is 241 g/mol. The number of rotatable bonds is 3. The van der Waals surface area contributed by atoms with Crippen LogP contribution in [0.25, 0.3) is 0 Å². The van der Waals surface area contributed by atoms with E-state index in [1.807, 2.05) is 23.1 Å². The summed E-state index contributed by atoms with van der Waals surface area (Å²) >= 11 is 0. The summed E-state index contributed by atoms with van der Waals surface area (Å²) in [6, 6.07) is 5.87. The molecule has 1 heterocycles. The van der Waals surface area contributed by atoms with Gasteiger partial charge in [-0.1, -0.05) is 12.1 Å². The number of anilines is 1. The zero-order valence-corrected chi connectivity index (χ0v) is 11.2. The van der Waals surface area contributed by atoms with Crippen molar-refractivity contribution in [1.82, 2.24) is 9.78 Å². The molecule has 1 aliphatic carbocycles. The van der Waals surface area contributed by atoms with Gasteiger partial charge >= 0.3 is 0 Å². The molecule has 1 N–H and O–H groups in total. The monoisotopic (exact) mass is 259 g/mol. The molecule has 19 heavy (non-hydrogen) atoms. The van der Waals surface area contributed by atoms with Crippen LogP contribution in [0.3, 0.4) is 0 Å². The van der Waals surface area contributed by atoms with Gasteiger partial charge in [0.15, 0.2) is 0 Å². The number of fused-ring (bicyclic) bond motifs is 1. The maximum Gasteiger partial charge on any atom is 0.126 e. The van der Waals surface area contributed by atoms with E-state index in [2.05, 4.69) is 24.3 Å². The minimum atomic E-state index is -0.0836. The van der Waals surface area contributed by atoms with Gasteiger partial charge in [-0.2, -0.15) is 5.10 Å². The first-order valence-electron chi connectivity index (χ1n) is 6.73. The standard InChI is InChI=1S/C15H18FN3/c1-10(2)19-9-11(8-17-19)18-15-7-6-12-13(15)4-3-5-14(12)16/h3-5,8-10,15,18H,6-7H2,1-2H3. The average molecular weight is 259 g/mol. The Morgan fingerprint density at radius 3 is 3.00 bits per heavy atom. The first-order chi connectivity index (χ1) is 9.15. The van der Waals surface area contributed by atoms with Crippen LogP contribution in [-0.2, 0) is 6.42 Å². The number of nitrogens with one attached hydrogen (secondary N) is 1. The van der Waals surface area contributed by atoms with Gasteiger partial charge in [0.05, 0.1) is 17.9 Å². The largest absolute Gasteiger partial charge is 0.376 e. The summed E-state index contributed by atoms with van der Waals surface area (Å²) in [5.74, 6) is -0.0836. The molecule has 3 rings (SSSR count). The van der Waals surface area contributed by atoms with Crippen LogP contribution in [0.5, 0.6) is 0 Å². The van der Waals surface area contributed by atoms with Gasteiger partial charge in [0.2, 0.25) is 0 Å². The second-order valence-corrected chi connectivity index (χ2v) is 5.35. The highest BCUT2D eigenvalue weighted by molar-refractivity contribution is 5.46. The average Bonchev–Trinajstić information content (AvgIpc) is 2.98. The van der Waals surface area contributed by atoms with Gasteiger partial charge in [-0.25, -0.2) is 4.39 Å². The van der Waals surface area contributed by atoms with Gasteiger partial charge in [0.1, 0.15) is 5.82 Å². The molecule has 100 valence electrons. The third-order valence-corrected chi connectivity index (χ3v) is 3.69. The number of benzene rings is 1. The van der Waals surface area contributed by atoms with Crippen molar-refractivity contribution in [2.75, 3.05) is 5.32 Å². The van der Waals surface area contributed by atoms with Gasteiger partial charge in [-0.05, 0) is 43.9 Å². The molecule has 0 radical (unpaired) electrons. The van der Waals surface area contributed by atoms with Crippen LogP contribution in [0.15, 0.2) is 30.6 Å². The highest BCUT2D eigenvalue weighted by atomic mass is 19.1. The quantitative estimate of drug-likeness (QED) is 0.910. The van der Waals surface area contributed by atoms with Crippen LogP contribution in [0.2, 0.25) is 0 Å². The summed E-state index contributed by atoms with van der Waals surface area (Å²) in [6.07, 6.45) is 5.57. The minimum absolute atomic E-state index is 0.0836. The second-order valence-electron chi connectivity index (χ2n) is 5.35. The molecule has 1 unspecified atom stereocenters. The van der Waals surface area contributed by atoms with Crippen molar-refractivity contribution < 1.29 is 4.39 Å². The number of aromatic nitrogens is 2. The fraction of sp³-hybridized carbons (Fsp3) is 0.400. The Labute approximate surface area is 112 Å². The van der Waals surface area contributed by atoms with Crippen LogP contribution in [0, 0.1) is 5.82 Å². The van der Waals surface area contributed by atoms with Crippen LogP contribution >= 0.6 is 0 Å². The van der Waals surface area contributed by atoms with E-state index in [4.69, 9.17) is 0 Å². The minimum Gasteiger partial charge on any atom is -0.376 e. The molecule has 2 aromatic rings. The van der Waals surface area contributed by atoms with Crippen molar-refractivity contribution in [2.24, 2.45) is 0 Å². The maximum atomic E-state index is 13.7. The molecule has 1 aromatic carbocycles. The molecule has 1 atom stereocenters. The Kier molecular flexibility index (Phi) is 3.01. The predicted molar refractivity (Wildman–Crippen MR) is 73.7 cm³/mol. The van der Waals surface area contributed by atoms with Crippen molar-refractivity contribution in [3.8, 4) is 0 Å². The smallest absolute Gasteiger partial charge is 0.126 e. The predicted octanol–water partition coefficient (Wildman–Crippen LogP) is 3.70. The Balaban J connectivity index is 1.81. The van der Waals surface area contributed by atoms with E-state index < -0.39 is 0 Å². The first-order valence-corrected chi connectivity index (χ1v) is 6.73. The summed E-state index contributed by atoms with van der Waals surface area (Å²) in [5.41, 5.74) is 2.93. The Morgan fingerprint density at radius 1 is 1.42 bits per heavy atom. The van der Waals surface area contributed by atoms with Gasteiger partial charge in [0, 0.05) is 12.2 Å². The fourth-order valence-electron chi connectivity index (χ4n) is 2.66. The molecule has 3 nitrogen and oxygen atoms in total. The summed E-state index contributed by atoms with van der Waals surface area (Å²) in [5, 5.41) is 7.76. The Morgan fingerprint density at radius 2 is 2.26 bits per heavy atom. The van der Waals surface area contributed by atoms with E-state index in [0.717, 1.165) is 29.7 Å². The van der Waals surface area contributed by atoms with Crippen LogP contribution in [-0.4, -0.2) is 9.78 Å². The van der Waals surface area contributed by atoms with Gasteiger partial charge in [0.25, 0.3) is 0 Å². The van der Waals surface area contributed by atoms with Gasteiger partial charge < -0.3 is 5.32 Å². The number of halogens is 1. The zero-order valence-electron chi connectivity index (χ0n) is 11.2. The van der Waals surface area contributed by atoms with Crippen molar-refractivity contribution >= 4 is 5.69 Å². The normalized spacial score (nSPS) is 17.8. The van der Waals surface area contributed by atoms with Crippen molar-refractivity contribution in [2.45, 2.75) is 38.8 Å². The summed E-state index contributed by atoms with van der Waals surface area (Å²) in [4.78, 5) is 0. The Bertz CT molecular complexity index is 589. The van der Waals surface area contributed by atoms with E-state index >= 15 is 0 Å². The zero-order chi connectivity index (χ0) is 13.4. The lowest BCUT2D eigenvalue weighted by Crippen LogP contribution is -2.06. The molecule has 0 bridgehead atoms. The van der Waals surface area contributed by atoms with E-state index in [1.165, 1.54) is 6.07 Å². The summed E-state index contributed by atoms with van der Waals surface area (Å²) in [6.45, 7) is 4.19. The molecule has 0 saturated carbocycles. The molecule has 0 fully saturated rings. The maximum absolute atomic E-state index is 13.7. The van der Waals surface area contributed by atoms with Crippen LogP contribution in [0.4, 0.5) is 10.1 Å². The molecule has 0 aliphatic heterocycles. The number of hydrogen-bond acceptors (Lipinski definition) is 2.